The first-order valence-corrected chi connectivity index (χ1v) is 31.9. The second kappa shape index (κ2) is 59.4. The molecule has 71 heavy (non-hydrogen) atoms. The van der Waals surface area contributed by atoms with Crippen LogP contribution in [0, 0.1) is 0 Å². The van der Waals surface area contributed by atoms with E-state index in [1.165, 1.54) is 257 Å². The average molecular weight is 1000 g/mol. The van der Waals surface area contributed by atoms with Crippen molar-refractivity contribution in [2.75, 3.05) is 6.61 Å². The summed E-state index contributed by atoms with van der Waals surface area (Å²) in [4.78, 5) is 12.6. The fourth-order valence-corrected chi connectivity index (χ4v) is 10.1. The Balaban J connectivity index is 3.64. The third kappa shape index (κ3) is 53.2. The lowest BCUT2D eigenvalue weighted by atomic mass is 10.00. The van der Waals surface area contributed by atoms with Crippen LogP contribution >= 0.6 is 0 Å². The molecule has 6 nitrogen and oxygen atoms in total. The highest BCUT2D eigenvalue weighted by molar-refractivity contribution is 5.80. The van der Waals surface area contributed by atoms with Crippen LogP contribution in [0.1, 0.15) is 341 Å². The summed E-state index contributed by atoms with van der Waals surface area (Å²) in [6, 6.07) is -1.01. The van der Waals surface area contributed by atoms with Gasteiger partial charge in [0.2, 0.25) is 5.91 Å². The van der Waals surface area contributed by atoms with Crippen molar-refractivity contribution in [2.24, 2.45) is 0 Å². The van der Waals surface area contributed by atoms with E-state index in [9.17, 15) is 25.2 Å². The molecule has 6 heteroatoms. The number of aliphatic hydroxyl groups is 4. The summed E-state index contributed by atoms with van der Waals surface area (Å²) in [6.45, 7) is 4.08. The van der Waals surface area contributed by atoms with Crippen LogP contribution in [0.4, 0.5) is 0 Å². The van der Waals surface area contributed by atoms with Crippen LogP contribution < -0.4 is 5.32 Å². The van der Waals surface area contributed by atoms with E-state index in [0.717, 1.165) is 51.4 Å². The minimum absolute atomic E-state index is 0.362. The Morgan fingerprint density at radius 3 is 0.887 bits per heavy atom. The van der Waals surface area contributed by atoms with Gasteiger partial charge in [-0.3, -0.25) is 4.79 Å². The molecule has 0 aliphatic carbocycles. The maximum Gasteiger partial charge on any atom is 0.249 e. The number of carbonyl (C=O) groups is 1. The van der Waals surface area contributed by atoms with E-state index in [-0.39, 0.29) is 0 Å². The standard InChI is InChI=1S/C65H125NO5/c1-3-5-7-9-11-13-15-17-19-21-23-25-27-29-31-32-33-35-36-38-40-42-44-46-48-50-52-54-56-58-62(68)64(70)61(60-67)66-65(71)63(69)59-57-55-53-51-49-47-45-43-41-39-37-34-30-28-26-24-22-20-18-16-14-12-10-8-6-4-2/h35-36,42,44,50,52,61-64,67-70H,3-34,37-41,43,45-49,51,53-60H2,1-2H3,(H,66,71)/b36-35+,44-42+,52-50+. The van der Waals surface area contributed by atoms with E-state index < -0.39 is 36.9 Å². The van der Waals surface area contributed by atoms with Crippen molar-refractivity contribution in [3.63, 3.8) is 0 Å². The van der Waals surface area contributed by atoms with Gasteiger partial charge in [0, 0.05) is 0 Å². The highest BCUT2D eigenvalue weighted by atomic mass is 16.3. The zero-order valence-electron chi connectivity index (χ0n) is 47.7. The molecule has 0 saturated heterocycles. The normalized spacial score (nSPS) is 13.8. The van der Waals surface area contributed by atoms with E-state index >= 15 is 0 Å². The van der Waals surface area contributed by atoms with Crippen molar-refractivity contribution in [3.05, 3.63) is 36.5 Å². The van der Waals surface area contributed by atoms with Gasteiger partial charge in [-0.25, -0.2) is 0 Å². The van der Waals surface area contributed by atoms with E-state index in [4.69, 9.17) is 0 Å². The third-order valence-electron chi connectivity index (χ3n) is 15.1. The highest BCUT2D eigenvalue weighted by Gasteiger charge is 2.28. The molecule has 5 N–H and O–H groups in total. The highest BCUT2D eigenvalue weighted by Crippen LogP contribution is 2.18. The second-order valence-electron chi connectivity index (χ2n) is 22.1. The number of hydrogen-bond donors (Lipinski definition) is 5. The Morgan fingerprint density at radius 2 is 0.592 bits per heavy atom. The number of hydrogen-bond acceptors (Lipinski definition) is 5. The van der Waals surface area contributed by atoms with Crippen molar-refractivity contribution < 1.29 is 25.2 Å². The molecule has 0 radical (unpaired) electrons. The Hall–Kier alpha value is -1.47. The Kier molecular flexibility index (Phi) is 58.2. The molecule has 0 aromatic heterocycles. The number of rotatable bonds is 59. The van der Waals surface area contributed by atoms with Gasteiger partial charge in [0.1, 0.15) is 12.2 Å². The van der Waals surface area contributed by atoms with Gasteiger partial charge in [0.15, 0.2) is 0 Å². The van der Waals surface area contributed by atoms with Crippen LogP contribution in [-0.4, -0.2) is 57.3 Å². The molecule has 1 amide bonds. The third-order valence-corrected chi connectivity index (χ3v) is 15.1. The van der Waals surface area contributed by atoms with E-state index in [1.54, 1.807) is 0 Å². The molecule has 4 unspecified atom stereocenters. The summed E-state index contributed by atoms with van der Waals surface area (Å²) in [5.74, 6) is -0.593. The topological polar surface area (TPSA) is 110 Å². The molecule has 0 aliphatic heterocycles. The SMILES string of the molecule is CCCCCCCCCCCCCCCCCC/C=C/CC/C=C/CC/C=C/CCCC(O)C(O)C(CO)NC(=O)C(O)CCCCCCCCCCCCCCCCCCCCCCCCCCCC. The zero-order valence-corrected chi connectivity index (χ0v) is 47.7. The Labute approximate surface area is 443 Å². The van der Waals surface area contributed by atoms with E-state index in [0.29, 0.717) is 19.3 Å². The van der Waals surface area contributed by atoms with Crippen molar-refractivity contribution in [3.8, 4) is 0 Å². The molecule has 0 spiro atoms. The lowest BCUT2D eigenvalue weighted by Crippen LogP contribution is -2.53. The fourth-order valence-electron chi connectivity index (χ4n) is 10.1. The molecule has 4 atom stereocenters. The molecule has 0 aliphatic rings. The van der Waals surface area contributed by atoms with Crippen LogP contribution in [0.15, 0.2) is 36.5 Å². The number of nitrogens with one attached hydrogen (secondary N) is 1. The van der Waals surface area contributed by atoms with Gasteiger partial charge in [0.25, 0.3) is 0 Å². The summed E-state index contributed by atoms with van der Waals surface area (Å²) in [5, 5.41) is 44.1. The second-order valence-corrected chi connectivity index (χ2v) is 22.1. The van der Waals surface area contributed by atoms with Crippen molar-refractivity contribution in [1.29, 1.82) is 0 Å². The summed E-state index contributed by atoms with van der Waals surface area (Å²) < 4.78 is 0. The molecule has 0 fully saturated rings. The molecule has 0 rings (SSSR count). The van der Waals surface area contributed by atoms with Crippen LogP contribution in [0.5, 0.6) is 0 Å². The van der Waals surface area contributed by atoms with Crippen LogP contribution in [-0.2, 0) is 4.79 Å². The lowest BCUT2D eigenvalue weighted by Gasteiger charge is -2.27. The van der Waals surface area contributed by atoms with E-state index in [1.807, 2.05) is 0 Å². The zero-order chi connectivity index (χ0) is 51.6. The summed E-state index contributed by atoms with van der Waals surface area (Å²) >= 11 is 0. The molecule has 0 bridgehead atoms. The maximum absolute atomic E-state index is 12.6. The number of carbonyl (C=O) groups excluding carboxylic acids is 1. The summed E-state index contributed by atoms with van der Waals surface area (Å²) in [5.41, 5.74) is 0. The number of amides is 1. The first kappa shape index (κ1) is 69.5. The summed E-state index contributed by atoms with van der Waals surface area (Å²) in [7, 11) is 0. The minimum atomic E-state index is -1.29. The Bertz CT molecular complexity index is 1120. The molecule has 0 saturated carbocycles. The molecular formula is C65H125NO5. The maximum atomic E-state index is 12.6. The minimum Gasteiger partial charge on any atom is -0.394 e. The quantitative estimate of drug-likeness (QED) is 0.0308. The van der Waals surface area contributed by atoms with Gasteiger partial charge in [-0.15, -0.1) is 0 Å². The number of aliphatic hydroxyl groups excluding tert-OH is 4. The van der Waals surface area contributed by atoms with Gasteiger partial charge in [-0.05, 0) is 64.2 Å². The molecule has 0 heterocycles. The van der Waals surface area contributed by atoms with Gasteiger partial charge in [0.05, 0.1) is 18.8 Å². The predicted octanol–water partition coefficient (Wildman–Crippen LogP) is 19.1. The van der Waals surface area contributed by atoms with Gasteiger partial charge >= 0.3 is 0 Å². The van der Waals surface area contributed by atoms with Crippen molar-refractivity contribution in [1.82, 2.24) is 5.32 Å². The fraction of sp³-hybridized carbons (Fsp3) is 0.892. The Morgan fingerprint density at radius 1 is 0.338 bits per heavy atom. The van der Waals surface area contributed by atoms with Gasteiger partial charge < -0.3 is 25.7 Å². The van der Waals surface area contributed by atoms with E-state index in [2.05, 4.69) is 55.6 Å². The number of unbranched alkanes of at least 4 members (excludes halogenated alkanes) is 44. The van der Waals surface area contributed by atoms with Crippen LogP contribution in [0.2, 0.25) is 0 Å². The summed E-state index contributed by atoms with van der Waals surface area (Å²) in [6.07, 6.45) is 75.3. The lowest BCUT2D eigenvalue weighted by molar-refractivity contribution is -0.132. The largest absolute Gasteiger partial charge is 0.394 e. The molecule has 0 aromatic rings. The molecular weight excluding hydrogens is 875 g/mol. The van der Waals surface area contributed by atoms with Crippen LogP contribution in [0.25, 0.3) is 0 Å². The smallest absolute Gasteiger partial charge is 0.249 e. The van der Waals surface area contributed by atoms with Crippen molar-refractivity contribution in [2.45, 2.75) is 366 Å². The molecule has 420 valence electrons. The van der Waals surface area contributed by atoms with Crippen molar-refractivity contribution >= 4 is 5.91 Å². The van der Waals surface area contributed by atoms with Gasteiger partial charge in [-0.1, -0.05) is 314 Å². The predicted molar refractivity (Wildman–Crippen MR) is 311 cm³/mol. The first-order chi connectivity index (χ1) is 35.0. The van der Waals surface area contributed by atoms with Gasteiger partial charge in [-0.2, -0.15) is 0 Å². The first-order valence-electron chi connectivity index (χ1n) is 31.9. The van der Waals surface area contributed by atoms with Crippen LogP contribution in [0.3, 0.4) is 0 Å². The molecule has 0 aromatic carbocycles. The average Bonchev–Trinajstić information content (AvgIpc) is 3.38. The monoisotopic (exact) mass is 1000 g/mol. The number of allylic oxidation sites excluding steroid dienone is 6.